The average Bonchev–Trinajstić information content (AvgIpc) is 3.28. The number of benzene rings is 1. The quantitative estimate of drug-likeness (QED) is 0.447. The number of hydrogen-bond acceptors (Lipinski definition) is 5. The fourth-order valence-corrected chi connectivity index (χ4v) is 5.63. The summed E-state index contributed by atoms with van der Waals surface area (Å²) in [6, 6.07) is 7.07. The average molecular weight is 489 g/mol. The molecule has 3 aromatic rings. The van der Waals surface area contributed by atoms with Gasteiger partial charge >= 0.3 is 0 Å². The van der Waals surface area contributed by atoms with E-state index in [4.69, 9.17) is 0 Å². The maximum Gasteiger partial charge on any atom is 0.243 e. The SMILES string of the molecule is CCN(CC)S(=O)(=O)c1ccc2c(c1)nc(CCC(=O)NCC(C)Cn1nc(C)cc1C)n2C. The molecule has 0 aliphatic rings. The minimum atomic E-state index is -3.55. The third-order valence-corrected chi connectivity index (χ3v) is 8.15. The van der Waals surface area contributed by atoms with E-state index in [2.05, 4.69) is 22.3 Å². The predicted octanol–water partition coefficient (Wildman–Crippen LogP) is 2.80. The number of imidazole rings is 1. The first-order valence-electron chi connectivity index (χ1n) is 11.8. The van der Waals surface area contributed by atoms with Crippen molar-refractivity contribution in [3.8, 4) is 0 Å². The van der Waals surface area contributed by atoms with Crippen molar-refractivity contribution in [2.45, 2.75) is 58.9 Å². The summed E-state index contributed by atoms with van der Waals surface area (Å²) >= 11 is 0. The van der Waals surface area contributed by atoms with Gasteiger partial charge in [-0.1, -0.05) is 20.8 Å². The molecule has 0 fully saturated rings. The number of hydrogen-bond donors (Lipinski definition) is 1. The lowest BCUT2D eigenvalue weighted by Crippen LogP contribution is -2.30. The third kappa shape index (κ3) is 5.67. The number of nitrogens with one attached hydrogen (secondary N) is 1. The van der Waals surface area contributed by atoms with E-state index in [9.17, 15) is 13.2 Å². The van der Waals surface area contributed by atoms with Gasteiger partial charge in [-0.3, -0.25) is 9.48 Å². The highest BCUT2D eigenvalue weighted by molar-refractivity contribution is 7.89. The molecule has 1 N–H and O–H groups in total. The van der Waals surface area contributed by atoms with Crippen LogP contribution in [0.1, 0.15) is 44.4 Å². The van der Waals surface area contributed by atoms with Crippen LogP contribution in [0, 0.1) is 19.8 Å². The normalized spacial score (nSPS) is 13.0. The van der Waals surface area contributed by atoms with Crippen molar-refractivity contribution in [2.24, 2.45) is 13.0 Å². The molecule has 1 amide bonds. The summed E-state index contributed by atoms with van der Waals surface area (Å²) in [5, 5.41) is 7.48. The molecule has 0 spiro atoms. The number of rotatable bonds is 11. The minimum absolute atomic E-state index is 0.0305. The molecular weight excluding hydrogens is 452 g/mol. The standard InChI is InChI=1S/C24H36N6O3S/c1-7-29(8-2)34(32,33)20-9-10-22-21(14-20)26-23(28(22)6)11-12-24(31)25-15-17(3)16-30-19(5)13-18(4)27-30/h9-10,13-14,17H,7-8,11-12,15-16H2,1-6H3,(H,25,31). The number of fused-ring (bicyclic) bond motifs is 1. The molecule has 0 aliphatic carbocycles. The number of carbonyl (C=O) groups is 1. The Morgan fingerprint density at radius 2 is 1.88 bits per heavy atom. The lowest BCUT2D eigenvalue weighted by atomic mass is 10.1. The summed E-state index contributed by atoms with van der Waals surface area (Å²) in [5.74, 6) is 0.971. The van der Waals surface area contributed by atoms with Gasteiger partial charge in [0.2, 0.25) is 15.9 Å². The second kappa shape index (κ2) is 10.7. The van der Waals surface area contributed by atoms with Crippen LogP contribution in [0.5, 0.6) is 0 Å². The van der Waals surface area contributed by atoms with Gasteiger partial charge in [-0.2, -0.15) is 9.40 Å². The molecule has 2 heterocycles. The molecule has 0 radical (unpaired) electrons. The van der Waals surface area contributed by atoms with Crippen molar-refractivity contribution in [3.05, 3.63) is 41.5 Å². The van der Waals surface area contributed by atoms with Gasteiger partial charge in [0, 0.05) is 51.8 Å². The molecule has 9 nitrogen and oxygen atoms in total. The van der Waals surface area contributed by atoms with Crippen molar-refractivity contribution >= 4 is 27.0 Å². The zero-order valence-corrected chi connectivity index (χ0v) is 21.8. The molecule has 1 atom stereocenters. The van der Waals surface area contributed by atoms with Crippen molar-refractivity contribution in [1.29, 1.82) is 0 Å². The molecule has 0 bridgehead atoms. The van der Waals surface area contributed by atoms with Crippen LogP contribution in [0.3, 0.4) is 0 Å². The number of nitrogens with zero attached hydrogens (tertiary/aromatic N) is 5. The van der Waals surface area contributed by atoms with Gasteiger partial charge < -0.3 is 9.88 Å². The molecule has 1 unspecified atom stereocenters. The Hall–Kier alpha value is -2.72. The topological polar surface area (TPSA) is 102 Å². The molecule has 3 rings (SSSR count). The van der Waals surface area contributed by atoms with E-state index in [0.717, 1.165) is 29.3 Å². The highest BCUT2D eigenvalue weighted by atomic mass is 32.2. The Morgan fingerprint density at radius 1 is 1.18 bits per heavy atom. The molecule has 10 heteroatoms. The van der Waals surface area contributed by atoms with E-state index in [1.807, 2.05) is 50.1 Å². The smallest absolute Gasteiger partial charge is 0.243 e. The Kier molecular flexibility index (Phi) is 8.14. The van der Waals surface area contributed by atoms with Gasteiger partial charge in [-0.25, -0.2) is 13.4 Å². The molecule has 1 aromatic carbocycles. The summed E-state index contributed by atoms with van der Waals surface area (Å²) in [4.78, 5) is 17.3. The number of aromatic nitrogens is 4. The monoisotopic (exact) mass is 488 g/mol. The van der Waals surface area contributed by atoms with Crippen molar-refractivity contribution in [1.82, 2.24) is 29.0 Å². The number of carbonyl (C=O) groups excluding carboxylic acids is 1. The van der Waals surface area contributed by atoms with Gasteiger partial charge in [0.1, 0.15) is 5.82 Å². The molecular formula is C24H36N6O3S. The summed E-state index contributed by atoms with van der Waals surface area (Å²) in [7, 11) is -1.66. The zero-order chi connectivity index (χ0) is 25.0. The van der Waals surface area contributed by atoms with E-state index in [0.29, 0.717) is 38.0 Å². The molecule has 34 heavy (non-hydrogen) atoms. The van der Waals surface area contributed by atoms with Crippen molar-refractivity contribution in [2.75, 3.05) is 19.6 Å². The molecule has 0 saturated heterocycles. The van der Waals surface area contributed by atoms with Gasteiger partial charge in [0.15, 0.2) is 0 Å². The van der Waals surface area contributed by atoms with Crippen LogP contribution < -0.4 is 5.32 Å². The van der Waals surface area contributed by atoms with Crippen molar-refractivity contribution < 1.29 is 13.2 Å². The zero-order valence-electron chi connectivity index (χ0n) is 21.0. The Balaban J connectivity index is 1.61. The molecule has 0 saturated carbocycles. The van der Waals surface area contributed by atoms with Gasteiger partial charge in [0.25, 0.3) is 0 Å². The summed E-state index contributed by atoms with van der Waals surface area (Å²) < 4.78 is 31.0. The molecule has 0 aliphatic heterocycles. The van der Waals surface area contributed by atoms with Crippen LogP contribution in [0.15, 0.2) is 29.2 Å². The summed E-state index contributed by atoms with van der Waals surface area (Å²) in [5.41, 5.74) is 3.57. The van der Waals surface area contributed by atoms with Gasteiger partial charge in [-0.15, -0.1) is 0 Å². The van der Waals surface area contributed by atoms with Crippen LogP contribution in [0.25, 0.3) is 11.0 Å². The van der Waals surface area contributed by atoms with E-state index in [1.165, 1.54) is 4.31 Å². The van der Waals surface area contributed by atoms with Gasteiger partial charge in [0.05, 0.1) is 21.6 Å². The third-order valence-electron chi connectivity index (χ3n) is 6.10. The lowest BCUT2D eigenvalue weighted by molar-refractivity contribution is -0.121. The fourth-order valence-electron chi connectivity index (χ4n) is 4.15. The second-order valence-corrected chi connectivity index (χ2v) is 10.8. The van der Waals surface area contributed by atoms with E-state index >= 15 is 0 Å². The highest BCUT2D eigenvalue weighted by Crippen LogP contribution is 2.22. The Bertz CT molecular complexity index is 1260. The molecule has 186 valence electrons. The summed E-state index contributed by atoms with van der Waals surface area (Å²) in [6.45, 7) is 11.9. The lowest BCUT2D eigenvalue weighted by Gasteiger charge is -2.18. The largest absolute Gasteiger partial charge is 0.356 e. The number of sulfonamides is 1. The van der Waals surface area contributed by atoms with Crippen LogP contribution in [-0.2, 0) is 34.8 Å². The first-order valence-corrected chi connectivity index (χ1v) is 13.2. The number of aryl methyl sites for hydroxylation is 4. The van der Waals surface area contributed by atoms with Crippen molar-refractivity contribution in [3.63, 3.8) is 0 Å². The second-order valence-electron chi connectivity index (χ2n) is 8.85. The van der Waals surface area contributed by atoms with E-state index in [1.54, 1.807) is 18.2 Å². The predicted molar refractivity (Wildman–Crippen MR) is 133 cm³/mol. The maximum absolute atomic E-state index is 12.8. The van der Waals surface area contributed by atoms with Crippen LogP contribution in [0.2, 0.25) is 0 Å². The van der Waals surface area contributed by atoms with Crippen LogP contribution in [-0.4, -0.2) is 57.6 Å². The highest BCUT2D eigenvalue weighted by Gasteiger charge is 2.23. The first kappa shape index (κ1) is 25.9. The number of amides is 1. The van der Waals surface area contributed by atoms with Gasteiger partial charge in [-0.05, 0) is 44.0 Å². The van der Waals surface area contributed by atoms with Crippen LogP contribution in [0.4, 0.5) is 0 Å². The molecule has 2 aromatic heterocycles. The Labute approximate surface area is 202 Å². The van der Waals surface area contributed by atoms with Crippen LogP contribution >= 0.6 is 0 Å². The summed E-state index contributed by atoms with van der Waals surface area (Å²) in [6.07, 6.45) is 0.787. The minimum Gasteiger partial charge on any atom is -0.356 e. The van der Waals surface area contributed by atoms with E-state index < -0.39 is 10.0 Å². The first-order chi connectivity index (χ1) is 16.1. The van der Waals surface area contributed by atoms with E-state index in [-0.39, 0.29) is 16.7 Å². The Morgan fingerprint density at radius 3 is 2.50 bits per heavy atom. The fraction of sp³-hybridized carbons (Fsp3) is 0.542. The maximum atomic E-state index is 12.8.